The van der Waals surface area contributed by atoms with E-state index in [0.717, 1.165) is 47.9 Å². The van der Waals surface area contributed by atoms with Gasteiger partial charge in [0.1, 0.15) is 5.82 Å². The Hall–Kier alpha value is -3.29. The Morgan fingerprint density at radius 2 is 1.26 bits per heavy atom. The van der Waals surface area contributed by atoms with Crippen LogP contribution in [0.25, 0.3) is 0 Å². The highest BCUT2D eigenvalue weighted by atomic mass is 19.1. The molecule has 0 spiro atoms. The number of unbranched alkanes of at least 4 members (excludes halogenated alkanes) is 2. The van der Waals surface area contributed by atoms with Crippen molar-refractivity contribution >= 4 is 0 Å². The molecule has 3 aromatic carbocycles. The maximum absolute atomic E-state index is 14.5. The van der Waals surface area contributed by atoms with E-state index >= 15 is 0 Å². The van der Waals surface area contributed by atoms with E-state index in [2.05, 4.69) is 73.9 Å². The second-order valence-electron chi connectivity index (χ2n) is 9.29. The molecule has 34 heavy (non-hydrogen) atoms. The normalized spacial score (nSPS) is 12.4. The Morgan fingerprint density at radius 3 is 1.94 bits per heavy atom. The molecule has 0 aromatic heterocycles. The SMILES string of the molecule is CCCCc1ccc(C#Cc2ccc(C#Cc3ccc(CCCC)cc3F)cc2C2CC2)cc1. The van der Waals surface area contributed by atoms with Crippen molar-refractivity contribution in [2.75, 3.05) is 0 Å². The van der Waals surface area contributed by atoms with Gasteiger partial charge in [0.25, 0.3) is 0 Å². The number of hydrogen-bond acceptors (Lipinski definition) is 0. The molecular formula is C33H33F. The van der Waals surface area contributed by atoms with Crippen LogP contribution in [-0.2, 0) is 12.8 Å². The quantitative estimate of drug-likeness (QED) is 0.320. The van der Waals surface area contributed by atoms with Crippen LogP contribution in [0.1, 0.15) is 97.2 Å². The van der Waals surface area contributed by atoms with Crippen molar-refractivity contribution in [3.05, 3.63) is 105 Å². The molecule has 3 aromatic rings. The lowest BCUT2D eigenvalue weighted by Crippen LogP contribution is -1.91. The summed E-state index contributed by atoms with van der Waals surface area (Å²) in [5.41, 5.74) is 7.19. The van der Waals surface area contributed by atoms with E-state index in [1.165, 1.54) is 36.8 Å². The third-order valence-corrected chi connectivity index (χ3v) is 6.38. The third kappa shape index (κ3) is 6.62. The topological polar surface area (TPSA) is 0 Å². The fourth-order valence-electron chi connectivity index (χ4n) is 4.10. The van der Waals surface area contributed by atoms with Crippen molar-refractivity contribution < 1.29 is 4.39 Å². The first-order valence-corrected chi connectivity index (χ1v) is 12.7. The predicted octanol–water partition coefficient (Wildman–Crippen LogP) is 8.19. The Labute approximate surface area is 204 Å². The summed E-state index contributed by atoms with van der Waals surface area (Å²) in [6.07, 6.45) is 9.07. The summed E-state index contributed by atoms with van der Waals surface area (Å²) in [7, 11) is 0. The summed E-state index contributed by atoms with van der Waals surface area (Å²) in [6, 6.07) is 20.3. The van der Waals surface area contributed by atoms with Gasteiger partial charge in [-0.2, -0.15) is 0 Å². The van der Waals surface area contributed by atoms with Crippen LogP contribution >= 0.6 is 0 Å². The molecular weight excluding hydrogens is 415 g/mol. The Morgan fingerprint density at radius 1 is 0.676 bits per heavy atom. The lowest BCUT2D eigenvalue weighted by Gasteiger charge is -2.04. The maximum atomic E-state index is 14.5. The number of halogens is 1. The van der Waals surface area contributed by atoms with E-state index in [4.69, 9.17) is 0 Å². The molecule has 0 aliphatic heterocycles. The van der Waals surface area contributed by atoms with Crippen LogP contribution in [0.2, 0.25) is 0 Å². The molecule has 1 heteroatoms. The fraction of sp³-hybridized carbons (Fsp3) is 0.333. The molecule has 0 nitrogen and oxygen atoms in total. The molecule has 0 atom stereocenters. The van der Waals surface area contributed by atoms with Gasteiger partial charge in [-0.15, -0.1) is 0 Å². The van der Waals surface area contributed by atoms with Crippen LogP contribution in [0.15, 0.2) is 60.7 Å². The van der Waals surface area contributed by atoms with E-state index in [-0.39, 0.29) is 5.82 Å². The highest BCUT2D eigenvalue weighted by Crippen LogP contribution is 2.41. The van der Waals surface area contributed by atoms with Gasteiger partial charge in [-0.05, 0) is 104 Å². The molecule has 0 radical (unpaired) electrons. The number of hydrogen-bond donors (Lipinski definition) is 0. The Bertz CT molecular complexity index is 1240. The molecule has 0 heterocycles. The maximum Gasteiger partial charge on any atom is 0.139 e. The molecule has 172 valence electrons. The Kier molecular flexibility index (Phi) is 8.22. The van der Waals surface area contributed by atoms with Crippen LogP contribution < -0.4 is 0 Å². The van der Waals surface area contributed by atoms with Crippen molar-refractivity contribution in [3.8, 4) is 23.7 Å². The van der Waals surface area contributed by atoms with Gasteiger partial charge in [-0.25, -0.2) is 4.39 Å². The molecule has 0 unspecified atom stereocenters. The molecule has 0 saturated heterocycles. The van der Waals surface area contributed by atoms with Gasteiger partial charge in [0.15, 0.2) is 0 Å². The number of rotatable bonds is 7. The zero-order chi connectivity index (χ0) is 23.8. The van der Waals surface area contributed by atoms with Crippen LogP contribution in [0, 0.1) is 29.5 Å². The number of benzene rings is 3. The van der Waals surface area contributed by atoms with E-state index in [0.29, 0.717) is 11.5 Å². The first-order valence-electron chi connectivity index (χ1n) is 12.7. The molecule has 4 rings (SSSR count). The van der Waals surface area contributed by atoms with Gasteiger partial charge in [-0.3, -0.25) is 0 Å². The van der Waals surface area contributed by atoms with E-state index in [9.17, 15) is 4.39 Å². The molecule has 1 fully saturated rings. The summed E-state index contributed by atoms with van der Waals surface area (Å²) in [5, 5.41) is 0. The van der Waals surface area contributed by atoms with Gasteiger partial charge in [-0.1, -0.05) is 68.6 Å². The minimum Gasteiger partial charge on any atom is -0.206 e. The zero-order valence-corrected chi connectivity index (χ0v) is 20.4. The summed E-state index contributed by atoms with van der Waals surface area (Å²) in [6.45, 7) is 4.37. The molecule has 0 N–H and O–H groups in total. The summed E-state index contributed by atoms with van der Waals surface area (Å²) in [4.78, 5) is 0. The minimum atomic E-state index is -0.230. The average molecular weight is 449 g/mol. The minimum absolute atomic E-state index is 0.230. The first kappa shape index (κ1) is 23.9. The largest absolute Gasteiger partial charge is 0.206 e. The van der Waals surface area contributed by atoms with Gasteiger partial charge < -0.3 is 0 Å². The summed E-state index contributed by atoms with van der Waals surface area (Å²) >= 11 is 0. The van der Waals surface area contributed by atoms with Crippen molar-refractivity contribution in [3.63, 3.8) is 0 Å². The van der Waals surface area contributed by atoms with Crippen molar-refractivity contribution in [2.24, 2.45) is 0 Å². The number of aryl methyl sites for hydroxylation is 2. The monoisotopic (exact) mass is 448 g/mol. The van der Waals surface area contributed by atoms with Crippen molar-refractivity contribution in [1.82, 2.24) is 0 Å². The molecule has 1 aliphatic carbocycles. The predicted molar refractivity (Wildman–Crippen MR) is 140 cm³/mol. The molecule has 0 bridgehead atoms. The van der Waals surface area contributed by atoms with Gasteiger partial charge >= 0.3 is 0 Å². The molecule has 1 saturated carbocycles. The highest BCUT2D eigenvalue weighted by Gasteiger charge is 2.25. The average Bonchev–Trinajstić information content (AvgIpc) is 3.71. The fourth-order valence-corrected chi connectivity index (χ4v) is 4.10. The smallest absolute Gasteiger partial charge is 0.139 e. The van der Waals surface area contributed by atoms with E-state index < -0.39 is 0 Å². The van der Waals surface area contributed by atoms with Crippen LogP contribution in [-0.4, -0.2) is 0 Å². The van der Waals surface area contributed by atoms with Gasteiger partial charge in [0, 0.05) is 16.7 Å². The second-order valence-corrected chi connectivity index (χ2v) is 9.29. The standard InChI is InChI=1S/C33H33F/c1-3-5-7-25-9-11-26(12-10-25)13-17-29-18-14-28(23-32(29)30-21-22-30)16-20-31-19-15-27(8-6-4-2)24-33(31)34/h9-12,14-15,18-19,23-24,30H,3-8,21-22H2,1-2H3. The van der Waals surface area contributed by atoms with Crippen LogP contribution in [0.5, 0.6) is 0 Å². The first-order chi connectivity index (χ1) is 16.7. The second kappa shape index (κ2) is 11.7. The van der Waals surface area contributed by atoms with Crippen molar-refractivity contribution in [1.29, 1.82) is 0 Å². The van der Waals surface area contributed by atoms with E-state index in [1.807, 2.05) is 18.2 Å². The molecule has 0 amide bonds. The van der Waals surface area contributed by atoms with Crippen LogP contribution in [0.3, 0.4) is 0 Å². The highest BCUT2D eigenvalue weighted by molar-refractivity contribution is 5.54. The van der Waals surface area contributed by atoms with Gasteiger partial charge in [0.2, 0.25) is 0 Å². The zero-order valence-electron chi connectivity index (χ0n) is 20.4. The van der Waals surface area contributed by atoms with Crippen molar-refractivity contribution in [2.45, 2.75) is 71.1 Å². The Balaban J connectivity index is 1.51. The lowest BCUT2D eigenvalue weighted by molar-refractivity contribution is 0.620. The third-order valence-electron chi connectivity index (χ3n) is 6.38. The van der Waals surface area contributed by atoms with Gasteiger partial charge in [0.05, 0.1) is 5.56 Å². The lowest BCUT2D eigenvalue weighted by atomic mass is 9.99. The van der Waals surface area contributed by atoms with Crippen LogP contribution in [0.4, 0.5) is 4.39 Å². The summed E-state index contributed by atoms with van der Waals surface area (Å²) < 4.78 is 14.5. The molecule has 1 aliphatic rings. The van der Waals surface area contributed by atoms with E-state index in [1.54, 1.807) is 6.07 Å². The summed E-state index contributed by atoms with van der Waals surface area (Å²) in [5.74, 6) is 13.3.